The minimum Gasteiger partial charge on any atom is -0.479 e. The molecule has 0 radical (unpaired) electrons. The first-order valence-electron chi connectivity index (χ1n) is 6.43. The van der Waals surface area contributed by atoms with Crippen molar-refractivity contribution in [1.82, 2.24) is 5.32 Å². The second kappa shape index (κ2) is 7.49. The molecule has 7 heteroatoms. The molecule has 0 aliphatic carbocycles. The summed E-state index contributed by atoms with van der Waals surface area (Å²) in [6, 6.07) is 5.05. The second-order valence-electron chi connectivity index (χ2n) is 4.79. The Morgan fingerprint density at radius 2 is 2.05 bits per heavy atom. The molecule has 21 heavy (non-hydrogen) atoms. The van der Waals surface area contributed by atoms with Gasteiger partial charge in [0.05, 0.1) is 6.54 Å². The highest BCUT2D eigenvalue weighted by atomic mass is 16.5. The molecule has 0 fully saturated rings. The van der Waals surface area contributed by atoms with Crippen LogP contribution < -0.4 is 15.5 Å². The number of hydrogen-bond donors (Lipinski definition) is 3. The summed E-state index contributed by atoms with van der Waals surface area (Å²) in [7, 11) is 5.12. The van der Waals surface area contributed by atoms with Crippen molar-refractivity contribution in [1.29, 1.82) is 0 Å². The number of carboxylic acid groups (broad SMARTS) is 1. The molecule has 0 aliphatic rings. The Balaban J connectivity index is 2.63. The van der Waals surface area contributed by atoms with Crippen molar-refractivity contribution in [2.24, 2.45) is 0 Å². The lowest BCUT2D eigenvalue weighted by molar-refractivity contribution is -0.147. The first-order chi connectivity index (χ1) is 9.85. The number of urea groups is 1. The highest BCUT2D eigenvalue weighted by molar-refractivity contribution is 5.90. The predicted octanol–water partition coefficient (Wildman–Crippen LogP) is 1.28. The number of carbonyl (C=O) groups is 2. The van der Waals surface area contributed by atoms with Crippen molar-refractivity contribution in [3.8, 4) is 0 Å². The number of rotatable bonds is 6. The lowest BCUT2D eigenvalue weighted by Crippen LogP contribution is -2.39. The van der Waals surface area contributed by atoms with E-state index in [0.717, 1.165) is 11.3 Å². The fraction of sp³-hybridized carbons (Fsp3) is 0.429. The summed E-state index contributed by atoms with van der Waals surface area (Å²) in [4.78, 5) is 24.4. The third-order valence-electron chi connectivity index (χ3n) is 2.96. The summed E-state index contributed by atoms with van der Waals surface area (Å²) in [6.45, 7) is 1.87. The van der Waals surface area contributed by atoms with Crippen molar-refractivity contribution in [2.45, 2.75) is 13.0 Å². The van der Waals surface area contributed by atoms with Crippen LogP contribution in [-0.2, 0) is 9.53 Å². The van der Waals surface area contributed by atoms with E-state index in [-0.39, 0.29) is 6.54 Å². The van der Waals surface area contributed by atoms with Crippen LogP contribution >= 0.6 is 0 Å². The number of anilines is 2. The number of hydrogen-bond acceptors (Lipinski definition) is 4. The Labute approximate surface area is 123 Å². The lowest BCUT2D eigenvalue weighted by Gasteiger charge is -2.17. The van der Waals surface area contributed by atoms with E-state index in [2.05, 4.69) is 10.6 Å². The molecule has 0 saturated heterocycles. The van der Waals surface area contributed by atoms with Crippen LogP contribution in [0.3, 0.4) is 0 Å². The topological polar surface area (TPSA) is 90.9 Å². The van der Waals surface area contributed by atoms with Crippen molar-refractivity contribution < 1.29 is 19.4 Å². The number of amides is 2. The fourth-order valence-corrected chi connectivity index (χ4v) is 1.80. The average Bonchev–Trinajstić information content (AvgIpc) is 2.41. The molecular formula is C14H21N3O4. The number of aryl methyl sites for hydroxylation is 1. The number of carbonyl (C=O) groups excluding carboxylic acids is 1. The van der Waals surface area contributed by atoms with Gasteiger partial charge in [-0.3, -0.25) is 0 Å². The summed E-state index contributed by atoms with van der Waals surface area (Å²) < 4.78 is 4.73. The Morgan fingerprint density at radius 3 is 2.57 bits per heavy atom. The largest absolute Gasteiger partial charge is 0.479 e. The molecule has 0 heterocycles. The molecule has 1 aromatic rings. The van der Waals surface area contributed by atoms with Gasteiger partial charge in [-0.2, -0.15) is 0 Å². The zero-order valence-electron chi connectivity index (χ0n) is 12.6. The van der Waals surface area contributed by atoms with Crippen molar-refractivity contribution in [2.75, 3.05) is 38.0 Å². The molecule has 3 N–H and O–H groups in total. The molecule has 0 bridgehead atoms. The number of nitrogens with zero attached hydrogens (tertiary/aromatic N) is 1. The maximum absolute atomic E-state index is 11.7. The van der Waals surface area contributed by atoms with Crippen LogP contribution in [0.2, 0.25) is 0 Å². The first-order valence-corrected chi connectivity index (χ1v) is 6.43. The van der Waals surface area contributed by atoms with E-state index < -0.39 is 18.1 Å². The second-order valence-corrected chi connectivity index (χ2v) is 4.79. The van der Waals surface area contributed by atoms with Crippen LogP contribution in [0.4, 0.5) is 16.2 Å². The van der Waals surface area contributed by atoms with Crippen LogP contribution in [-0.4, -0.2) is 51.0 Å². The average molecular weight is 295 g/mol. The lowest BCUT2D eigenvalue weighted by atomic mass is 10.1. The molecule has 0 saturated carbocycles. The van der Waals surface area contributed by atoms with Crippen LogP contribution in [0.25, 0.3) is 0 Å². The molecule has 0 aromatic heterocycles. The van der Waals surface area contributed by atoms with Crippen molar-refractivity contribution >= 4 is 23.4 Å². The number of ether oxygens (including phenoxy) is 1. The van der Waals surface area contributed by atoms with E-state index >= 15 is 0 Å². The van der Waals surface area contributed by atoms with Gasteiger partial charge in [-0.15, -0.1) is 0 Å². The van der Waals surface area contributed by atoms with Gasteiger partial charge < -0.3 is 25.4 Å². The molecule has 2 amide bonds. The molecule has 116 valence electrons. The van der Waals surface area contributed by atoms with Crippen LogP contribution in [0, 0.1) is 6.92 Å². The van der Waals surface area contributed by atoms with Gasteiger partial charge >= 0.3 is 12.0 Å². The van der Waals surface area contributed by atoms with E-state index in [9.17, 15) is 9.59 Å². The van der Waals surface area contributed by atoms with Gasteiger partial charge in [0.2, 0.25) is 0 Å². The third kappa shape index (κ3) is 4.96. The minimum atomic E-state index is -1.12. The van der Waals surface area contributed by atoms with Gasteiger partial charge in [0, 0.05) is 32.6 Å². The van der Waals surface area contributed by atoms with Gasteiger partial charge in [-0.1, -0.05) is 6.07 Å². The Morgan fingerprint density at radius 1 is 1.38 bits per heavy atom. The first kappa shape index (κ1) is 16.8. The third-order valence-corrected chi connectivity index (χ3v) is 2.96. The minimum absolute atomic E-state index is 0.107. The molecule has 1 atom stereocenters. The maximum atomic E-state index is 11.7. The molecule has 0 aliphatic heterocycles. The van der Waals surface area contributed by atoms with Crippen molar-refractivity contribution in [3.63, 3.8) is 0 Å². The smallest absolute Gasteiger partial charge is 0.334 e. The van der Waals surface area contributed by atoms with E-state index in [1.807, 2.05) is 38.1 Å². The Hall–Kier alpha value is -2.28. The van der Waals surface area contributed by atoms with E-state index in [0.29, 0.717) is 5.69 Å². The maximum Gasteiger partial charge on any atom is 0.334 e. The molecular weight excluding hydrogens is 274 g/mol. The van der Waals surface area contributed by atoms with E-state index in [1.165, 1.54) is 7.11 Å². The van der Waals surface area contributed by atoms with Crippen LogP contribution in [0.1, 0.15) is 5.56 Å². The van der Waals surface area contributed by atoms with Crippen molar-refractivity contribution in [3.05, 3.63) is 23.8 Å². The number of carboxylic acids is 1. The summed E-state index contributed by atoms with van der Waals surface area (Å²) in [5.41, 5.74) is 2.72. The van der Waals surface area contributed by atoms with E-state index in [4.69, 9.17) is 9.84 Å². The Bertz CT molecular complexity index is 517. The zero-order chi connectivity index (χ0) is 16.0. The summed E-state index contributed by atoms with van der Waals surface area (Å²) in [5, 5.41) is 13.9. The quantitative estimate of drug-likeness (QED) is 0.735. The Kier molecular flexibility index (Phi) is 5.98. The molecule has 0 spiro atoms. The highest BCUT2D eigenvalue weighted by Crippen LogP contribution is 2.22. The van der Waals surface area contributed by atoms with E-state index in [1.54, 1.807) is 6.07 Å². The fourth-order valence-electron chi connectivity index (χ4n) is 1.80. The molecule has 7 nitrogen and oxygen atoms in total. The predicted molar refractivity (Wildman–Crippen MR) is 81.0 cm³/mol. The summed E-state index contributed by atoms with van der Waals surface area (Å²) >= 11 is 0. The molecule has 1 unspecified atom stereocenters. The molecule has 1 aromatic carbocycles. The number of methoxy groups -OCH3 is 1. The van der Waals surface area contributed by atoms with Gasteiger partial charge in [0.1, 0.15) is 0 Å². The SMILES string of the molecule is COC(CNC(=O)Nc1ccc(C)c(N(C)C)c1)C(=O)O. The van der Waals surface area contributed by atoms with Gasteiger partial charge in [0.25, 0.3) is 0 Å². The van der Waals surface area contributed by atoms with Crippen LogP contribution in [0.5, 0.6) is 0 Å². The standard InChI is InChI=1S/C14H21N3O4/c1-9-5-6-10(7-11(9)17(2)3)16-14(20)15-8-12(21-4)13(18)19/h5-7,12H,8H2,1-4H3,(H,18,19)(H2,15,16,20). The van der Waals surface area contributed by atoms with Crippen LogP contribution in [0.15, 0.2) is 18.2 Å². The number of aliphatic carboxylic acids is 1. The molecule has 1 rings (SSSR count). The number of nitrogens with one attached hydrogen (secondary N) is 2. The summed E-state index contributed by atoms with van der Waals surface area (Å²) in [6.07, 6.45) is -1.06. The zero-order valence-corrected chi connectivity index (χ0v) is 12.6. The number of benzene rings is 1. The highest BCUT2D eigenvalue weighted by Gasteiger charge is 2.17. The summed E-state index contributed by atoms with van der Waals surface area (Å²) in [5.74, 6) is -1.12. The monoisotopic (exact) mass is 295 g/mol. The van der Waals surface area contributed by atoms with Gasteiger partial charge in [0.15, 0.2) is 6.10 Å². The van der Waals surface area contributed by atoms with Gasteiger partial charge in [-0.05, 0) is 24.6 Å². The normalized spacial score (nSPS) is 11.6. The van der Waals surface area contributed by atoms with Gasteiger partial charge in [-0.25, -0.2) is 9.59 Å².